The Morgan fingerprint density at radius 2 is 1.77 bits per heavy atom. The number of carbonyl (C=O) groups is 1. The number of carbonyl (C=O) groups excluding carboxylic acids is 1. The van der Waals surface area contributed by atoms with Crippen LogP contribution in [0.4, 0.5) is 0 Å². The highest BCUT2D eigenvalue weighted by molar-refractivity contribution is 7.89. The lowest BCUT2D eigenvalue weighted by atomic mass is 10.1. The van der Waals surface area contributed by atoms with Gasteiger partial charge in [0.25, 0.3) is 5.91 Å². The van der Waals surface area contributed by atoms with Gasteiger partial charge in [0, 0.05) is 5.56 Å². The Balaban J connectivity index is 1.67. The van der Waals surface area contributed by atoms with Gasteiger partial charge in [-0.3, -0.25) is 4.79 Å². The van der Waals surface area contributed by atoms with Crippen molar-refractivity contribution in [2.75, 3.05) is 0 Å². The quantitative estimate of drug-likeness (QED) is 0.604. The lowest BCUT2D eigenvalue weighted by Gasteiger charge is -2.16. The lowest BCUT2D eigenvalue weighted by molar-refractivity contribution is 0.0939. The van der Waals surface area contributed by atoms with Crippen LogP contribution in [0, 0.1) is 6.92 Å². The fraction of sp³-hybridized carbons (Fsp3) is 0.174. The Hall–Kier alpha value is -3.16. The molecule has 1 unspecified atom stereocenters. The fourth-order valence-corrected chi connectivity index (χ4v) is 3.59. The predicted molar refractivity (Wildman–Crippen MR) is 116 cm³/mol. The number of hydrogen-bond donors (Lipinski definition) is 2. The minimum absolute atomic E-state index is 0.00708. The van der Waals surface area contributed by atoms with E-state index in [2.05, 4.69) is 5.32 Å². The molecule has 3 aromatic rings. The number of primary sulfonamides is 1. The molecule has 156 valence electrons. The molecule has 0 fully saturated rings. The maximum Gasteiger partial charge on any atom is 0.251 e. The van der Waals surface area contributed by atoms with Crippen molar-refractivity contribution in [1.82, 2.24) is 5.32 Å². The molecule has 3 N–H and O–H groups in total. The van der Waals surface area contributed by atoms with Gasteiger partial charge < -0.3 is 10.1 Å². The van der Waals surface area contributed by atoms with E-state index in [0.29, 0.717) is 23.5 Å². The summed E-state index contributed by atoms with van der Waals surface area (Å²) in [5.74, 6) is 0.303. The highest BCUT2D eigenvalue weighted by Crippen LogP contribution is 2.19. The second-order valence-corrected chi connectivity index (χ2v) is 8.68. The number of amides is 1. The Labute approximate surface area is 176 Å². The molecule has 0 saturated carbocycles. The maximum absolute atomic E-state index is 12.7. The van der Waals surface area contributed by atoms with Crippen molar-refractivity contribution in [1.29, 1.82) is 0 Å². The SMILES string of the molecule is Cc1cccc(COc2cccc(C(=O)NC(C)c3cccc(S(N)(=O)=O)c3)c2)c1. The molecule has 3 rings (SSSR count). The molecule has 0 spiro atoms. The zero-order valence-electron chi connectivity index (χ0n) is 16.8. The molecule has 0 bridgehead atoms. The topological polar surface area (TPSA) is 98.5 Å². The maximum atomic E-state index is 12.7. The first-order valence-corrected chi connectivity index (χ1v) is 11.0. The lowest BCUT2D eigenvalue weighted by Crippen LogP contribution is -2.26. The molecular weight excluding hydrogens is 400 g/mol. The summed E-state index contributed by atoms with van der Waals surface area (Å²) in [4.78, 5) is 12.7. The fourth-order valence-electron chi connectivity index (χ4n) is 3.02. The van der Waals surface area contributed by atoms with E-state index in [-0.39, 0.29) is 10.8 Å². The Bertz CT molecular complexity index is 1160. The van der Waals surface area contributed by atoms with E-state index in [1.54, 1.807) is 43.3 Å². The van der Waals surface area contributed by atoms with Crippen LogP contribution in [0.1, 0.15) is 40.0 Å². The van der Waals surface area contributed by atoms with Crippen molar-refractivity contribution in [2.45, 2.75) is 31.4 Å². The molecule has 3 aromatic carbocycles. The zero-order valence-corrected chi connectivity index (χ0v) is 17.6. The first-order chi connectivity index (χ1) is 14.2. The molecule has 1 atom stereocenters. The van der Waals surface area contributed by atoms with E-state index in [4.69, 9.17) is 9.88 Å². The highest BCUT2D eigenvalue weighted by Gasteiger charge is 2.15. The number of hydrogen-bond acceptors (Lipinski definition) is 4. The Morgan fingerprint density at radius 1 is 1.03 bits per heavy atom. The van der Waals surface area contributed by atoms with Gasteiger partial charge in [0.15, 0.2) is 0 Å². The minimum atomic E-state index is -3.81. The third-order valence-corrected chi connectivity index (χ3v) is 5.53. The molecule has 0 aliphatic heterocycles. The summed E-state index contributed by atoms with van der Waals surface area (Å²) < 4.78 is 28.9. The van der Waals surface area contributed by atoms with Crippen molar-refractivity contribution in [2.24, 2.45) is 5.14 Å². The average Bonchev–Trinajstić information content (AvgIpc) is 2.72. The summed E-state index contributed by atoms with van der Waals surface area (Å²) >= 11 is 0. The third-order valence-electron chi connectivity index (χ3n) is 4.62. The first kappa shape index (κ1) is 21.5. The summed E-state index contributed by atoms with van der Waals surface area (Å²) in [6, 6.07) is 20.8. The normalized spacial score (nSPS) is 12.2. The number of ether oxygens (including phenoxy) is 1. The van der Waals surface area contributed by atoms with Gasteiger partial charge in [-0.2, -0.15) is 0 Å². The minimum Gasteiger partial charge on any atom is -0.489 e. The van der Waals surface area contributed by atoms with Crippen molar-refractivity contribution in [3.05, 3.63) is 95.1 Å². The van der Waals surface area contributed by atoms with Gasteiger partial charge in [-0.15, -0.1) is 0 Å². The van der Waals surface area contributed by atoms with Crippen LogP contribution < -0.4 is 15.2 Å². The van der Waals surface area contributed by atoms with Crippen LogP contribution in [0.2, 0.25) is 0 Å². The van der Waals surface area contributed by atoms with E-state index in [9.17, 15) is 13.2 Å². The van der Waals surface area contributed by atoms with Crippen LogP contribution in [0.3, 0.4) is 0 Å². The number of nitrogens with one attached hydrogen (secondary N) is 1. The first-order valence-electron chi connectivity index (χ1n) is 9.44. The number of aryl methyl sites for hydroxylation is 1. The van der Waals surface area contributed by atoms with E-state index < -0.39 is 16.1 Å². The Kier molecular flexibility index (Phi) is 6.54. The number of nitrogens with two attached hydrogens (primary N) is 1. The van der Waals surface area contributed by atoms with Crippen molar-refractivity contribution >= 4 is 15.9 Å². The van der Waals surface area contributed by atoms with Gasteiger partial charge in [0.05, 0.1) is 10.9 Å². The molecular formula is C23H24N2O4S. The van der Waals surface area contributed by atoms with Crippen molar-refractivity contribution in [3.63, 3.8) is 0 Å². The van der Waals surface area contributed by atoms with Crippen LogP contribution in [0.25, 0.3) is 0 Å². The van der Waals surface area contributed by atoms with Crippen molar-refractivity contribution < 1.29 is 17.9 Å². The van der Waals surface area contributed by atoms with E-state index in [0.717, 1.165) is 11.1 Å². The molecule has 7 heteroatoms. The average molecular weight is 425 g/mol. The van der Waals surface area contributed by atoms with Gasteiger partial charge >= 0.3 is 0 Å². The van der Waals surface area contributed by atoms with Crippen molar-refractivity contribution in [3.8, 4) is 5.75 Å². The van der Waals surface area contributed by atoms with Crippen LogP contribution in [-0.4, -0.2) is 14.3 Å². The molecule has 0 heterocycles. The molecule has 6 nitrogen and oxygen atoms in total. The molecule has 0 saturated heterocycles. The molecule has 0 radical (unpaired) electrons. The second-order valence-electron chi connectivity index (χ2n) is 7.12. The van der Waals surface area contributed by atoms with E-state index >= 15 is 0 Å². The molecule has 1 amide bonds. The monoisotopic (exact) mass is 424 g/mol. The number of rotatable bonds is 7. The molecule has 30 heavy (non-hydrogen) atoms. The van der Waals surface area contributed by atoms with E-state index in [1.807, 2.05) is 31.2 Å². The van der Waals surface area contributed by atoms with E-state index in [1.165, 1.54) is 12.1 Å². The summed E-state index contributed by atoms with van der Waals surface area (Å²) in [7, 11) is -3.81. The number of sulfonamides is 1. The molecule has 0 aliphatic carbocycles. The second kappa shape index (κ2) is 9.11. The van der Waals surface area contributed by atoms with Gasteiger partial charge in [0.2, 0.25) is 10.0 Å². The Morgan fingerprint density at radius 3 is 2.50 bits per heavy atom. The molecule has 0 aliphatic rings. The third kappa shape index (κ3) is 5.68. The van der Waals surface area contributed by atoms with Gasteiger partial charge in [-0.05, 0) is 55.3 Å². The smallest absolute Gasteiger partial charge is 0.251 e. The largest absolute Gasteiger partial charge is 0.489 e. The highest BCUT2D eigenvalue weighted by atomic mass is 32.2. The van der Waals surface area contributed by atoms with Gasteiger partial charge in [-0.1, -0.05) is 48.0 Å². The van der Waals surface area contributed by atoms with Crippen LogP contribution in [-0.2, 0) is 16.6 Å². The van der Waals surface area contributed by atoms with Crippen LogP contribution >= 0.6 is 0 Å². The summed E-state index contributed by atoms with van der Waals surface area (Å²) in [6.07, 6.45) is 0. The summed E-state index contributed by atoms with van der Waals surface area (Å²) in [5.41, 5.74) is 3.30. The van der Waals surface area contributed by atoms with Gasteiger partial charge in [0.1, 0.15) is 12.4 Å². The standard InChI is InChI=1S/C23H24N2O4S/c1-16-6-3-7-18(12-16)15-29-21-10-4-9-20(13-21)23(26)25-17(2)19-8-5-11-22(14-19)30(24,27)28/h3-14,17H,15H2,1-2H3,(H,25,26)(H2,24,27,28). The summed E-state index contributed by atoms with van der Waals surface area (Å²) in [5, 5.41) is 8.05. The van der Waals surface area contributed by atoms with Gasteiger partial charge in [-0.25, -0.2) is 13.6 Å². The van der Waals surface area contributed by atoms with Crippen LogP contribution in [0.5, 0.6) is 5.75 Å². The molecule has 0 aromatic heterocycles. The van der Waals surface area contributed by atoms with Crippen LogP contribution in [0.15, 0.2) is 77.7 Å². The number of benzene rings is 3. The predicted octanol–water partition coefficient (Wildman–Crippen LogP) is 3.71. The zero-order chi connectivity index (χ0) is 21.7. The summed E-state index contributed by atoms with van der Waals surface area (Å²) in [6.45, 7) is 4.20.